The van der Waals surface area contributed by atoms with Crippen LogP contribution in [0.3, 0.4) is 0 Å². The van der Waals surface area contributed by atoms with E-state index in [0.29, 0.717) is 27.1 Å². The van der Waals surface area contributed by atoms with E-state index >= 15 is 0 Å². The lowest BCUT2D eigenvalue weighted by molar-refractivity contribution is 0.386. The second-order valence-corrected chi connectivity index (χ2v) is 10.1. The van der Waals surface area contributed by atoms with Crippen molar-refractivity contribution in [1.82, 2.24) is 24.4 Å². The van der Waals surface area contributed by atoms with Crippen LogP contribution < -0.4 is 25.1 Å². The molecule has 0 aliphatic rings. The highest BCUT2D eigenvalue weighted by atomic mass is 32.1. The second kappa shape index (κ2) is 10.8. The third-order valence-corrected chi connectivity index (χ3v) is 7.42. The van der Waals surface area contributed by atoms with E-state index in [-0.39, 0.29) is 22.8 Å². The summed E-state index contributed by atoms with van der Waals surface area (Å²) in [4.78, 5) is 30.5. The molecule has 11 heteroatoms. The maximum absolute atomic E-state index is 14.6. The van der Waals surface area contributed by atoms with E-state index in [1.54, 1.807) is 42.3 Å². The Morgan fingerprint density at radius 1 is 0.951 bits per heavy atom. The number of hydrogen-bond donors (Lipinski definition) is 0. The minimum absolute atomic E-state index is 0.112. The van der Waals surface area contributed by atoms with E-state index in [9.17, 15) is 14.0 Å². The van der Waals surface area contributed by atoms with Crippen LogP contribution in [0.1, 0.15) is 16.8 Å². The molecule has 0 unspecified atom stereocenters. The van der Waals surface area contributed by atoms with Crippen molar-refractivity contribution >= 4 is 22.4 Å². The second-order valence-electron chi connectivity index (χ2n) is 9.06. The maximum atomic E-state index is 14.6. The number of ether oxygens (including phenoxy) is 2. The Labute approximate surface area is 236 Å². The molecular weight excluding hydrogens is 545 g/mol. The first-order valence-electron chi connectivity index (χ1n) is 12.5. The summed E-state index contributed by atoms with van der Waals surface area (Å²) >= 11 is 1.04. The third kappa shape index (κ3) is 5.10. The van der Waals surface area contributed by atoms with Crippen molar-refractivity contribution in [1.29, 1.82) is 0 Å². The van der Waals surface area contributed by atoms with Crippen molar-refractivity contribution < 1.29 is 13.9 Å². The van der Waals surface area contributed by atoms with Crippen molar-refractivity contribution in [3.63, 3.8) is 0 Å². The predicted molar refractivity (Wildman–Crippen MR) is 153 cm³/mol. The summed E-state index contributed by atoms with van der Waals surface area (Å²) in [7, 11) is 2.97. The highest BCUT2D eigenvalue weighted by Gasteiger charge is 2.16. The van der Waals surface area contributed by atoms with Gasteiger partial charge in [0, 0.05) is 23.7 Å². The molecule has 0 N–H and O–H groups in total. The van der Waals surface area contributed by atoms with E-state index < -0.39 is 16.9 Å². The molecule has 3 aromatic carbocycles. The monoisotopic (exact) mass is 567 g/mol. The average molecular weight is 568 g/mol. The zero-order valence-electron chi connectivity index (χ0n) is 21.9. The summed E-state index contributed by atoms with van der Waals surface area (Å²) in [6, 6.07) is 21.2. The predicted octanol–water partition coefficient (Wildman–Crippen LogP) is 3.66. The largest absolute Gasteiger partial charge is 0.497 e. The van der Waals surface area contributed by atoms with Gasteiger partial charge in [0.05, 0.1) is 24.4 Å². The summed E-state index contributed by atoms with van der Waals surface area (Å²) in [6.45, 7) is 0. The van der Waals surface area contributed by atoms with Gasteiger partial charge in [0.25, 0.3) is 11.1 Å². The van der Waals surface area contributed by atoms with Crippen LogP contribution in [-0.4, -0.2) is 38.6 Å². The van der Waals surface area contributed by atoms with Gasteiger partial charge in [-0.2, -0.15) is 19.7 Å². The molecule has 41 heavy (non-hydrogen) atoms. The lowest BCUT2D eigenvalue weighted by Gasteiger charge is -2.04. The highest BCUT2D eigenvalue weighted by molar-refractivity contribution is 7.15. The van der Waals surface area contributed by atoms with Crippen LogP contribution in [0.15, 0.2) is 88.6 Å². The number of rotatable bonds is 7. The summed E-state index contributed by atoms with van der Waals surface area (Å²) in [5.74, 6) is 0.271. The molecule has 0 spiro atoms. The van der Waals surface area contributed by atoms with E-state index in [2.05, 4.69) is 10.1 Å². The van der Waals surface area contributed by atoms with E-state index in [1.165, 1.54) is 19.2 Å². The molecule has 0 bridgehead atoms. The lowest BCUT2D eigenvalue weighted by Crippen LogP contribution is -2.28. The molecule has 0 fully saturated rings. The molecule has 0 aliphatic carbocycles. The van der Waals surface area contributed by atoms with Crippen molar-refractivity contribution in [3.8, 4) is 28.4 Å². The molecule has 6 rings (SSSR count). The fourth-order valence-electron chi connectivity index (χ4n) is 4.37. The Morgan fingerprint density at radius 3 is 2.44 bits per heavy atom. The molecule has 0 saturated heterocycles. The third-order valence-electron chi connectivity index (χ3n) is 6.46. The molecule has 3 aromatic heterocycles. The Morgan fingerprint density at radius 2 is 1.73 bits per heavy atom. The van der Waals surface area contributed by atoms with Crippen LogP contribution in [0.4, 0.5) is 4.39 Å². The van der Waals surface area contributed by atoms with Gasteiger partial charge >= 0.3 is 0 Å². The Hall–Kier alpha value is -5.16. The van der Waals surface area contributed by atoms with Crippen molar-refractivity contribution in [2.45, 2.75) is 6.42 Å². The van der Waals surface area contributed by atoms with Gasteiger partial charge in [-0.3, -0.25) is 9.59 Å². The number of benzene rings is 3. The first-order chi connectivity index (χ1) is 19.9. The minimum atomic E-state index is -0.534. The van der Waals surface area contributed by atoms with Gasteiger partial charge in [0.15, 0.2) is 11.6 Å². The standard InChI is InChI=1S/C30H22FN5O4S/c1-39-22-11-8-18(9-12-22)14-24-28(37)32-30-36(33-24)29(38)26(41-30)16-20-17-35(21-6-4-3-5-7-21)34-27(20)19-10-13-25(40-2)23(31)15-19/h3-13,15-17H,14H2,1-2H3/b26-16-. The molecule has 0 aliphatic heterocycles. The summed E-state index contributed by atoms with van der Waals surface area (Å²) in [5.41, 5.74) is 2.39. The SMILES string of the molecule is COc1ccc(Cc2nn3c(=O)/c(=C/c4cn(-c5ccccc5)nc4-c4ccc(OC)c(F)c4)sc3nc2=O)cc1. The zero-order chi connectivity index (χ0) is 28.5. The van der Waals surface area contributed by atoms with Crippen molar-refractivity contribution in [3.05, 3.63) is 127 Å². The first kappa shape index (κ1) is 26.1. The minimum Gasteiger partial charge on any atom is -0.497 e. The van der Waals surface area contributed by atoms with Crippen LogP contribution in [0.5, 0.6) is 11.5 Å². The Bertz CT molecular complexity index is 2050. The highest BCUT2D eigenvalue weighted by Crippen LogP contribution is 2.28. The molecular formula is C30H22FN5O4S. The van der Waals surface area contributed by atoms with Crippen molar-refractivity contribution in [2.24, 2.45) is 0 Å². The van der Waals surface area contributed by atoms with Crippen LogP contribution in [-0.2, 0) is 6.42 Å². The van der Waals surface area contributed by atoms with E-state index in [1.807, 2.05) is 42.5 Å². The van der Waals surface area contributed by atoms with Crippen LogP contribution >= 0.6 is 11.3 Å². The number of fused-ring (bicyclic) bond motifs is 1. The van der Waals surface area contributed by atoms with E-state index in [0.717, 1.165) is 27.1 Å². The zero-order valence-corrected chi connectivity index (χ0v) is 22.8. The fourth-order valence-corrected chi connectivity index (χ4v) is 5.27. The fraction of sp³-hybridized carbons (Fsp3) is 0.100. The Balaban J connectivity index is 1.46. The van der Waals surface area contributed by atoms with Crippen LogP contribution in [0.2, 0.25) is 0 Å². The van der Waals surface area contributed by atoms with Gasteiger partial charge in [-0.25, -0.2) is 9.07 Å². The molecule has 0 atom stereocenters. The molecule has 0 saturated carbocycles. The number of halogens is 1. The average Bonchev–Trinajstić information content (AvgIpc) is 3.55. The number of nitrogens with zero attached hydrogens (tertiary/aromatic N) is 5. The summed E-state index contributed by atoms with van der Waals surface area (Å²) in [5, 5.41) is 9.04. The Kier molecular flexibility index (Phi) is 6.86. The number of aromatic nitrogens is 5. The van der Waals surface area contributed by atoms with Gasteiger partial charge in [0.1, 0.15) is 17.1 Å². The molecule has 9 nitrogen and oxygen atoms in total. The molecule has 0 amide bonds. The van der Waals surface area contributed by atoms with Crippen LogP contribution in [0, 0.1) is 5.82 Å². The van der Waals surface area contributed by atoms with Crippen molar-refractivity contribution in [2.75, 3.05) is 14.2 Å². The lowest BCUT2D eigenvalue weighted by atomic mass is 10.1. The quantitative estimate of drug-likeness (QED) is 0.290. The van der Waals surface area contributed by atoms with E-state index in [4.69, 9.17) is 14.6 Å². The topological polar surface area (TPSA) is 101 Å². The van der Waals surface area contributed by atoms with Crippen LogP contribution in [0.25, 0.3) is 28.0 Å². The maximum Gasteiger partial charge on any atom is 0.296 e. The summed E-state index contributed by atoms with van der Waals surface area (Å²) in [6.07, 6.45) is 3.63. The van der Waals surface area contributed by atoms with Gasteiger partial charge in [-0.1, -0.05) is 41.7 Å². The smallest absolute Gasteiger partial charge is 0.296 e. The molecule has 204 valence electrons. The number of thiazole rings is 1. The van der Waals surface area contributed by atoms with Gasteiger partial charge in [0.2, 0.25) is 4.96 Å². The first-order valence-corrected chi connectivity index (χ1v) is 13.3. The number of hydrogen-bond acceptors (Lipinski definition) is 8. The molecule has 0 radical (unpaired) electrons. The number of methoxy groups -OCH3 is 2. The van der Waals surface area contributed by atoms with Gasteiger partial charge < -0.3 is 9.47 Å². The molecule has 3 heterocycles. The number of para-hydroxylation sites is 1. The normalized spacial score (nSPS) is 11.7. The summed E-state index contributed by atoms with van der Waals surface area (Å²) < 4.78 is 28.0. The van der Waals surface area contributed by atoms with Gasteiger partial charge in [-0.15, -0.1) is 0 Å². The van der Waals surface area contributed by atoms with Gasteiger partial charge in [-0.05, 0) is 54.1 Å². The molecule has 6 aromatic rings.